The maximum atomic E-state index is 13.4. The molecule has 0 bridgehead atoms. The van der Waals surface area contributed by atoms with Gasteiger partial charge in [-0.1, -0.05) is 68.1 Å². The molecule has 0 spiro atoms. The number of anilines is 2. The summed E-state index contributed by atoms with van der Waals surface area (Å²) in [7, 11) is 0. The molecule has 2 unspecified atom stereocenters. The lowest BCUT2D eigenvalue weighted by atomic mass is 10.0. The number of amides is 2. The molecule has 0 radical (unpaired) electrons. The molecule has 8 nitrogen and oxygen atoms in total. The molecule has 2 heterocycles. The molecule has 2 aliphatic rings. The number of hydrogen-bond acceptors (Lipinski definition) is 7. The Bertz CT molecular complexity index is 1380. The van der Waals surface area contributed by atoms with Gasteiger partial charge in [0.2, 0.25) is 12.2 Å². The van der Waals surface area contributed by atoms with Crippen molar-refractivity contribution in [3.63, 3.8) is 0 Å². The van der Waals surface area contributed by atoms with E-state index in [9.17, 15) is 14.4 Å². The number of ether oxygens (including phenoxy) is 2. The van der Waals surface area contributed by atoms with Crippen molar-refractivity contribution in [3.8, 4) is 0 Å². The summed E-state index contributed by atoms with van der Waals surface area (Å²) >= 11 is 1.65. The highest BCUT2D eigenvalue weighted by atomic mass is 32.2. The van der Waals surface area contributed by atoms with Gasteiger partial charge < -0.3 is 25.4 Å². The minimum absolute atomic E-state index is 0.118. The molecule has 1 saturated heterocycles. The number of nitrogens with one attached hydrogen (secondary N) is 3. The van der Waals surface area contributed by atoms with Crippen LogP contribution in [0.15, 0.2) is 82.6 Å². The first kappa shape index (κ1) is 27.7. The average Bonchev–Trinajstić information content (AvgIpc) is 3.37. The number of rotatable bonds is 9. The van der Waals surface area contributed by atoms with Crippen LogP contribution in [-0.4, -0.2) is 42.8 Å². The average molecular weight is 560 g/mol. The van der Waals surface area contributed by atoms with Gasteiger partial charge in [-0.15, -0.1) is 0 Å². The molecule has 1 fully saturated rings. The fraction of sp³-hybridized carbons (Fsp3) is 0.323. The lowest BCUT2D eigenvalue weighted by molar-refractivity contribution is -0.172. The molecule has 3 aromatic rings. The predicted octanol–water partition coefficient (Wildman–Crippen LogP) is 5.06. The molecule has 208 valence electrons. The Morgan fingerprint density at radius 2 is 1.75 bits per heavy atom. The molecular formula is C31H33N3O5S. The van der Waals surface area contributed by atoms with Crippen molar-refractivity contribution in [1.82, 2.24) is 10.6 Å². The molecule has 3 aromatic carbocycles. The molecular weight excluding hydrogens is 526 g/mol. The van der Waals surface area contributed by atoms with E-state index < -0.39 is 24.3 Å². The van der Waals surface area contributed by atoms with Crippen molar-refractivity contribution in [2.24, 2.45) is 5.92 Å². The SMILES string of the molecule is CC(C)C[C@H](NC(=O)c1ccc2c(c1)Nc1ccccc1S2)C(=O)NC1CCOC1OC(=O)Cc1ccccc1. The van der Waals surface area contributed by atoms with Crippen LogP contribution in [0.5, 0.6) is 0 Å². The van der Waals surface area contributed by atoms with E-state index in [0.29, 0.717) is 25.0 Å². The van der Waals surface area contributed by atoms with E-state index in [2.05, 4.69) is 22.0 Å². The molecule has 3 atom stereocenters. The quantitative estimate of drug-likeness (QED) is 0.246. The number of esters is 1. The van der Waals surface area contributed by atoms with Crippen LogP contribution in [0.1, 0.15) is 42.6 Å². The van der Waals surface area contributed by atoms with Crippen LogP contribution < -0.4 is 16.0 Å². The largest absolute Gasteiger partial charge is 0.433 e. The highest BCUT2D eigenvalue weighted by Crippen LogP contribution is 2.44. The maximum absolute atomic E-state index is 13.4. The van der Waals surface area contributed by atoms with Crippen molar-refractivity contribution in [2.75, 3.05) is 11.9 Å². The monoisotopic (exact) mass is 559 g/mol. The van der Waals surface area contributed by atoms with Crippen LogP contribution in [0.25, 0.3) is 0 Å². The summed E-state index contributed by atoms with van der Waals surface area (Å²) < 4.78 is 11.2. The van der Waals surface area contributed by atoms with E-state index in [1.54, 1.807) is 17.8 Å². The smallest absolute Gasteiger partial charge is 0.312 e. The third kappa shape index (κ3) is 6.84. The zero-order chi connectivity index (χ0) is 28.1. The van der Waals surface area contributed by atoms with E-state index in [0.717, 1.165) is 26.7 Å². The third-order valence-electron chi connectivity index (χ3n) is 6.75. The third-order valence-corrected chi connectivity index (χ3v) is 7.90. The first-order chi connectivity index (χ1) is 19.4. The summed E-state index contributed by atoms with van der Waals surface area (Å²) in [5.41, 5.74) is 3.15. The Morgan fingerprint density at radius 1 is 1.00 bits per heavy atom. The highest BCUT2D eigenvalue weighted by molar-refractivity contribution is 7.99. The van der Waals surface area contributed by atoms with Crippen molar-refractivity contribution >= 4 is 40.9 Å². The molecule has 3 N–H and O–H groups in total. The summed E-state index contributed by atoms with van der Waals surface area (Å²) in [5.74, 6) is -0.926. The van der Waals surface area contributed by atoms with E-state index in [4.69, 9.17) is 9.47 Å². The fourth-order valence-electron chi connectivity index (χ4n) is 4.76. The maximum Gasteiger partial charge on any atom is 0.312 e. The second-order valence-corrected chi connectivity index (χ2v) is 11.5. The Kier molecular flexibility index (Phi) is 8.72. The zero-order valence-corrected chi connectivity index (χ0v) is 23.3. The van der Waals surface area contributed by atoms with Gasteiger partial charge in [-0.05, 0) is 54.7 Å². The number of fused-ring (bicyclic) bond motifs is 2. The Hall–Kier alpha value is -3.82. The molecule has 0 saturated carbocycles. The number of para-hydroxylation sites is 1. The van der Waals surface area contributed by atoms with Gasteiger partial charge in [0.25, 0.3) is 5.91 Å². The standard InChI is InChI=1S/C31H33N3O5S/c1-19(2)16-25(30(37)33-23-14-15-38-31(23)39-28(35)17-20-8-4-3-5-9-20)34-29(36)21-12-13-27-24(18-21)32-22-10-6-7-11-26(22)40-27/h3-13,18-19,23,25,31-32H,14-17H2,1-2H3,(H,33,37)(H,34,36)/t23?,25-,31?/m0/s1. The van der Waals surface area contributed by atoms with Crippen LogP contribution >= 0.6 is 11.8 Å². The lowest BCUT2D eigenvalue weighted by Crippen LogP contribution is -2.52. The van der Waals surface area contributed by atoms with Crippen molar-refractivity contribution in [2.45, 2.75) is 61.3 Å². The van der Waals surface area contributed by atoms with Crippen LogP contribution in [0.4, 0.5) is 11.4 Å². The molecule has 5 rings (SSSR count). The molecule has 9 heteroatoms. The molecule has 2 aliphatic heterocycles. The van der Waals surface area contributed by atoms with Crippen LogP contribution in [0.3, 0.4) is 0 Å². The lowest BCUT2D eigenvalue weighted by Gasteiger charge is -2.25. The minimum Gasteiger partial charge on any atom is -0.433 e. The van der Waals surface area contributed by atoms with Crippen LogP contribution in [-0.2, 0) is 25.5 Å². The Labute approximate surface area is 238 Å². The zero-order valence-electron chi connectivity index (χ0n) is 22.5. The van der Waals surface area contributed by atoms with Crippen molar-refractivity contribution in [1.29, 1.82) is 0 Å². The van der Waals surface area contributed by atoms with Crippen LogP contribution in [0, 0.1) is 5.92 Å². The fourth-order valence-corrected chi connectivity index (χ4v) is 5.73. The molecule has 0 aromatic heterocycles. The van der Waals surface area contributed by atoms with Gasteiger partial charge in [-0.25, -0.2) is 0 Å². The summed E-state index contributed by atoms with van der Waals surface area (Å²) in [6.07, 6.45) is 0.207. The molecule has 40 heavy (non-hydrogen) atoms. The van der Waals surface area contributed by atoms with Gasteiger partial charge in [0.05, 0.1) is 30.4 Å². The molecule has 2 amide bonds. The van der Waals surface area contributed by atoms with E-state index in [1.165, 1.54) is 0 Å². The van der Waals surface area contributed by atoms with Gasteiger partial charge in [0, 0.05) is 15.4 Å². The van der Waals surface area contributed by atoms with Crippen LogP contribution in [0.2, 0.25) is 0 Å². The predicted molar refractivity (Wildman–Crippen MR) is 154 cm³/mol. The van der Waals surface area contributed by atoms with Crippen molar-refractivity contribution in [3.05, 3.63) is 83.9 Å². The Morgan fingerprint density at radius 3 is 2.55 bits per heavy atom. The van der Waals surface area contributed by atoms with Gasteiger partial charge in [0.15, 0.2) is 0 Å². The van der Waals surface area contributed by atoms with Gasteiger partial charge in [0.1, 0.15) is 6.04 Å². The molecule has 0 aliphatic carbocycles. The number of benzene rings is 3. The summed E-state index contributed by atoms with van der Waals surface area (Å²) in [6, 6.07) is 21.6. The van der Waals surface area contributed by atoms with Gasteiger partial charge in [-0.2, -0.15) is 0 Å². The number of carbonyl (C=O) groups excluding carboxylic acids is 3. The summed E-state index contributed by atoms with van der Waals surface area (Å²) in [4.78, 5) is 41.3. The highest BCUT2D eigenvalue weighted by Gasteiger charge is 2.35. The topological polar surface area (TPSA) is 106 Å². The Balaban J connectivity index is 1.21. The number of carbonyl (C=O) groups is 3. The normalized spacial score (nSPS) is 18.2. The van der Waals surface area contributed by atoms with E-state index in [-0.39, 0.29) is 24.2 Å². The first-order valence-electron chi connectivity index (χ1n) is 13.5. The van der Waals surface area contributed by atoms with E-state index >= 15 is 0 Å². The second kappa shape index (κ2) is 12.6. The second-order valence-electron chi connectivity index (χ2n) is 10.4. The summed E-state index contributed by atoms with van der Waals surface area (Å²) in [5, 5.41) is 9.26. The van der Waals surface area contributed by atoms with E-state index in [1.807, 2.05) is 74.5 Å². The minimum atomic E-state index is -0.873. The van der Waals surface area contributed by atoms with Crippen molar-refractivity contribution < 1.29 is 23.9 Å². The first-order valence-corrected chi connectivity index (χ1v) is 14.3. The number of hydrogen-bond donors (Lipinski definition) is 3. The summed E-state index contributed by atoms with van der Waals surface area (Å²) in [6.45, 7) is 4.35. The van der Waals surface area contributed by atoms with Gasteiger partial charge >= 0.3 is 5.97 Å². The van der Waals surface area contributed by atoms with Gasteiger partial charge in [-0.3, -0.25) is 14.4 Å².